The summed E-state index contributed by atoms with van der Waals surface area (Å²) < 4.78 is 5.26. The average molecular weight is 281 g/mol. The molecule has 0 fully saturated rings. The number of non-ortho nitro benzene ring substituents is 1. The Balaban J connectivity index is 2.04. The first-order valence-corrected chi connectivity index (χ1v) is 6.17. The van der Waals surface area contributed by atoms with Crippen molar-refractivity contribution in [1.82, 2.24) is 0 Å². The minimum Gasteiger partial charge on any atom is -0.469 e. The van der Waals surface area contributed by atoms with Gasteiger partial charge in [0, 0.05) is 24.6 Å². The maximum absolute atomic E-state index is 10.6. The second kappa shape index (κ2) is 5.75. The SMILES string of the molecule is CC(Cc1ccco1)Nc1ccc([N+](=O)[O-])cc1Cl. The number of nitro groups is 1. The van der Waals surface area contributed by atoms with Crippen molar-refractivity contribution < 1.29 is 9.34 Å². The Kier molecular flexibility index (Phi) is 4.06. The molecule has 0 bridgehead atoms. The molecule has 0 saturated carbocycles. The summed E-state index contributed by atoms with van der Waals surface area (Å²) in [4.78, 5) is 10.1. The van der Waals surface area contributed by atoms with Gasteiger partial charge < -0.3 is 9.73 Å². The molecule has 1 atom stereocenters. The quantitative estimate of drug-likeness (QED) is 0.666. The van der Waals surface area contributed by atoms with Crippen LogP contribution in [0.15, 0.2) is 41.0 Å². The number of anilines is 1. The number of benzene rings is 1. The van der Waals surface area contributed by atoms with E-state index in [0.29, 0.717) is 17.1 Å². The van der Waals surface area contributed by atoms with Crippen molar-refractivity contribution in [2.24, 2.45) is 0 Å². The number of halogens is 1. The molecule has 0 aliphatic carbocycles. The molecule has 2 rings (SSSR count). The van der Waals surface area contributed by atoms with Gasteiger partial charge in [0.2, 0.25) is 0 Å². The highest BCUT2D eigenvalue weighted by Gasteiger charge is 2.12. The van der Waals surface area contributed by atoms with Crippen molar-refractivity contribution in [3.63, 3.8) is 0 Å². The first kappa shape index (κ1) is 13.4. The van der Waals surface area contributed by atoms with Crippen molar-refractivity contribution in [3.05, 3.63) is 57.5 Å². The van der Waals surface area contributed by atoms with Crippen LogP contribution >= 0.6 is 11.6 Å². The zero-order valence-corrected chi connectivity index (χ0v) is 11.1. The van der Waals surface area contributed by atoms with E-state index in [9.17, 15) is 10.1 Å². The third-order valence-electron chi connectivity index (χ3n) is 2.65. The number of nitrogens with zero attached hydrogens (tertiary/aromatic N) is 1. The van der Waals surface area contributed by atoms with Gasteiger partial charge in [-0.2, -0.15) is 0 Å². The van der Waals surface area contributed by atoms with Crippen LogP contribution in [-0.4, -0.2) is 11.0 Å². The standard InChI is InChI=1S/C13H13ClN2O3/c1-9(7-11-3-2-6-19-11)15-13-5-4-10(16(17)18)8-12(13)14/h2-6,8-9,15H,7H2,1H3. The maximum atomic E-state index is 10.6. The summed E-state index contributed by atoms with van der Waals surface area (Å²) in [5.41, 5.74) is 0.653. The number of hydrogen-bond acceptors (Lipinski definition) is 4. The van der Waals surface area contributed by atoms with E-state index >= 15 is 0 Å². The predicted molar refractivity (Wildman–Crippen MR) is 73.6 cm³/mol. The van der Waals surface area contributed by atoms with E-state index in [2.05, 4.69) is 5.32 Å². The lowest BCUT2D eigenvalue weighted by molar-refractivity contribution is -0.384. The summed E-state index contributed by atoms with van der Waals surface area (Å²) in [6.07, 6.45) is 2.33. The van der Waals surface area contributed by atoms with E-state index in [-0.39, 0.29) is 11.7 Å². The van der Waals surface area contributed by atoms with Crippen LogP contribution < -0.4 is 5.32 Å². The molecule has 0 spiro atoms. The Bertz CT molecular complexity index is 569. The van der Waals surface area contributed by atoms with E-state index in [4.69, 9.17) is 16.0 Å². The van der Waals surface area contributed by atoms with Gasteiger partial charge >= 0.3 is 0 Å². The zero-order chi connectivity index (χ0) is 13.8. The van der Waals surface area contributed by atoms with Crippen molar-refractivity contribution >= 4 is 23.0 Å². The molecule has 5 nitrogen and oxygen atoms in total. The molecule has 6 heteroatoms. The number of furan rings is 1. The van der Waals surface area contributed by atoms with Crippen LogP contribution in [0.1, 0.15) is 12.7 Å². The fourth-order valence-corrected chi connectivity index (χ4v) is 2.01. The Hall–Kier alpha value is -2.01. The highest BCUT2D eigenvalue weighted by Crippen LogP contribution is 2.27. The smallest absolute Gasteiger partial charge is 0.271 e. The first-order valence-electron chi connectivity index (χ1n) is 5.79. The molecule has 0 radical (unpaired) electrons. The Morgan fingerprint density at radius 3 is 2.84 bits per heavy atom. The fourth-order valence-electron chi connectivity index (χ4n) is 1.78. The third kappa shape index (κ3) is 3.48. The number of hydrogen-bond donors (Lipinski definition) is 1. The molecule has 2 aromatic rings. The van der Waals surface area contributed by atoms with Crippen LogP contribution in [0.5, 0.6) is 0 Å². The number of nitrogens with one attached hydrogen (secondary N) is 1. The summed E-state index contributed by atoms with van der Waals surface area (Å²) in [6, 6.07) is 8.21. The predicted octanol–water partition coefficient (Wildman–Crippen LogP) is 3.88. The Labute approximate surface area is 115 Å². The van der Waals surface area contributed by atoms with Gasteiger partial charge in [-0.3, -0.25) is 10.1 Å². The topological polar surface area (TPSA) is 68.3 Å². The molecular weight excluding hydrogens is 268 g/mol. The summed E-state index contributed by atoms with van der Waals surface area (Å²) in [6.45, 7) is 1.99. The molecule has 19 heavy (non-hydrogen) atoms. The molecule has 0 aliphatic rings. The van der Waals surface area contributed by atoms with Gasteiger partial charge in [0.05, 0.1) is 21.9 Å². The van der Waals surface area contributed by atoms with Crippen molar-refractivity contribution in [3.8, 4) is 0 Å². The molecule has 0 saturated heterocycles. The van der Waals surface area contributed by atoms with Gasteiger partial charge in [0.25, 0.3) is 5.69 Å². The lowest BCUT2D eigenvalue weighted by atomic mass is 10.2. The molecule has 1 unspecified atom stereocenters. The van der Waals surface area contributed by atoms with Gasteiger partial charge in [-0.1, -0.05) is 11.6 Å². The minimum atomic E-state index is -0.470. The van der Waals surface area contributed by atoms with E-state index in [1.54, 1.807) is 12.3 Å². The lowest BCUT2D eigenvalue weighted by Gasteiger charge is -2.15. The van der Waals surface area contributed by atoms with Crippen molar-refractivity contribution in [2.45, 2.75) is 19.4 Å². The lowest BCUT2D eigenvalue weighted by Crippen LogP contribution is -2.18. The number of rotatable bonds is 5. The summed E-state index contributed by atoms with van der Waals surface area (Å²) in [5.74, 6) is 0.873. The van der Waals surface area contributed by atoms with Gasteiger partial charge in [-0.05, 0) is 25.1 Å². The van der Waals surface area contributed by atoms with Gasteiger partial charge in [0.1, 0.15) is 5.76 Å². The molecule has 100 valence electrons. The monoisotopic (exact) mass is 280 g/mol. The van der Waals surface area contributed by atoms with E-state index in [1.807, 2.05) is 19.1 Å². The van der Waals surface area contributed by atoms with Crippen LogP contribution in [0.2, 0.25) is 5.02 Å². The Morgan fingerprint density at radius 1 is 1.47 bits per heavy atom. The van der Waals surface area contributed by atoms with Gasteiger partial charge in [-0.25, -0.2) is 0 Å². The van der Waals surface area contributed by atoms with Gasteiger partial charge in [-0.15, -0.1) is 0 Å². The molecule has 1 heterocycles. The van der Waals surface area contributed by atoms with Crippen LogP contribution in [-0.2, 0) is 6.42 Å². The van der Waals surface area contributed by atoms with E-state index in [1.165, 1.54) is 12.1 Å². The molecular formula is C13H13ClN2O3. The third-order valence-corrected chi connectivity index (χ3v) is 2.97. The largest absolute Gasteiger partial charge is 0.469 e. The molecule has 0 amide bonds. The van der Waals surface area contributed by atoms with Crippen LogP contribution in [0.4, 0.5) is 11.4 Å². The highest BCUT2D eigenvalue weighted by atomic mass is 35.5. The second-order valence-electron chi connectivity index (χ2n) is 4.25. The van der Waals surface area contributed by atoms with Gasteiger partial charge in [0.15, 0.2) is 0 Å². The van der Waals surface area contributed by atoms with Crippen LogP contribution in [0.3, 0.4) is 0 Å². The molecule has 0 aliphatic heterocycles. The van der Waals surface area contributed by atoms with Crippen molar-refractivity contribution in [1.29, 1.82) is 0 Å². The van der Waals surface area contributed by atoms with E-state index in [0.717, 1.165) is 5.76 Å². The second-order valence-corrected chi connectivity index (χ2v) is 4.66. The minimum absolute atomic E-state index is 0.0192. The van der Waals surface area contributed by atoms with Crippen molar-refractivity contribution in [2.75, 3.05) is 5.32 Å². The maximum Gasteiger partial charge on any atom is 0.271 e. The fraction of sp³-hybridized carbons (Fsp3) is 0.231. The highest BCUT2D eigenvalue weighted by molar-refractivity contribution is 6.33. The number of nitro benzene ring substituents is 1. The first-order chi connectivity index (χ1) is 9.06. The molecule has 1 aromatic carbocycles. The normalized spacial score (nSPS) is 12.1. The van der Waals surface area contributed by atoms with E-state index < -0.39 is 4.92 Å². The molecule has 1 aromatic heterocycles. The van der Waals surface area contributed by atoms with Crippen LogP contribution in [0.25, 0.3) is 0 Å². The average Bonchev–Trinajstić information content (AvgIpc) is 2.84. The Morgan fingerprint density at radius 2 is 2.26 bits per heavy atom. The summed E-state index contributed by atoms with van der Waals surface area (Å²) >= 11 is 6.01. The summed E-state index contributed by atoms with van der Waals surface area (Å²) in [5, 5.41) is 14.1. The molecule has 1 N–H and O–H groups in total. The summed E-state index contributed by atoms with van der Waals surface area (Å²) in [7, 11) is 0. The zero-order valence-electron chi connectivity index (χ0n) is 10.3. The van der Waals surface area contributed by atoms with Crippen LogP contribution in [0, 0.1) is 10.1 Å².